The summed E-state index contributed by atoms with van der Waals surface area (Å²) in [7, 11) is 6.13. The van der Waals surface area contributed by atoms with Crippen LogP contribution in [0.25, 0.3) is 38.6 Å². The van der Waals surface area contributed by atoms with E-state index in [9.17, 15) is 0 Å². The lowest BCUT2D eigenvalue weighted by Crippen LogP contribution is -2.03. The molecule has 0 fully saturated rings. The van der Waals surface area contributed by atoms with Gasteiger partial charge in [-0.2, -0.15) is 0 Å². The zero-order valence-corrected chi connectivity index (χ0v) is 14.3. The summed E-state index contributed by atoms with van der Waals surface area (Å²) >= 11 is 0. The highest BCUT2D eigenvalue weighted by Crippen LogP contribution is 2.35. The largest absolute Gasteiger partial charge is 0.309 e. The summed E-state index contributed by atoms with van der Waals surface area (Å²) < 4.78 is 2.32. The van der Waals surface area contributed by atoms with Gasteiger partial charge in [0.2, 0.25) is 0 Å². The van der Waals surface area contributed by atoms with Crippen molar-refractivity contribution >= 4 is 35.1 Å². The Kier molecular flexibility index (Phi) is 3.43. The molecule has 0 unspecified atom stereocenters. The zero-order valence-electron chi connectivity index (χ0n) is 14.3. The van der Waals surface area contributed by atoms with Gasteiger partial charge in [0.15, 0.2) is 0 Å². The first-order valence-electron chi connectivity index (χ1n) is 8.76. The molecule has 0 saturated heterocycles. The van der Waals surface area contributed by atoms with Crippen molar-refractivity contribution in [3.8, 4) is 16.8 Å². The smallest absolute Gasteiger partial charge is 0.113 e. The third-order valence-electron chi connectivity index (χ3n) is 4.93. The Morgan fingerprint density at radius 1 is 0.577 bits per heavy atom. The van der Waals surface area contributed by atoms with Crippen LogP contribution in [0, 0.1) is 0 Å². The van der Waals surface area contributed by atoms with E-state index >= 15 is 0 Å². The van der Waals surface area contributed by atoms with E-state index in [2.05, 4.69) is 89.5 Å². The van der Waals surface area contributed by atoms with Crippen LogP contribution in [0.15, 0.2) is 97.1 Å². The van der Waals surface area contributed by atoms with Gasteiger partial charge in [-0.15, -0.1) is 0 Å². The fourth-order valence-corrected chi connectivity index (χ4v) is 3.78. The predicted octanol–water partition coefficient (Wildman–Crippen LogP) is 5.24. The van der Waals surface area contributed by atoms with Gasteiger partial charge in [-0.1, -0.05) is 84.3 Å². The molecular weight excluding hydrogens is 313 g/mol. The van der Waals surface area contributed by atoms with Gasteiger partial charge in [0.05, 0.1) is 16.7 Å². The van der Waals surface area contributed by atoms with Crippen molar-refractivity contribution in [2.45, 2.75) is 0 Å². The molecule has 1 heterocycles. The van der Waals surface area contributed by atoms with E-state index in [4.69, 9.17) is 7.85 Å². The Balaban J connectivity index is 1.93. The minimum atomic E-state index is 0.777. The topological polar surface area (TPSA) is 4.93 Å². The van der Waals surface area contributed by atoms with Gasteiger partial charge in [-0.05, 0) is 23.8 Å². The molecule has 2 radical (unpaired) electrons. The zero-order chi connectivity index (χ0) is 17.5. The van der Waals surface area contributed by atoms with Crippen LogP contribution in [-0.4, -0.2) is 12.4 Å². The molecule has 2 heteroatoms. The van der Waals surface area contributed by atoms with E-state index in [0.717, 1.165) is 16.7 Å². The monoisotopic (exact) mass is 329 g/mol. The normalized spacial score (nSPS) is 11.2. The molecule has 1 aromatic heterocycles. The molecule has 0 atom stereocenters. The van der Waals surface area contributed by atoms with Gasteiger partial charge < -0.3 is 4.57 Å². The highest BCUT2D eigenvalue weighted by Gasteiger charge is 2.14. The Labute approximate surface area is 153 Å². The lowest BCUT2D eigenvalue weighted by molar-refractivity contribution is 1.18. The summed E-state index contributed by atoms with van der Waals surface area (Å²) in [5, 5.41) is 2.46. The predicted molar refractivity (Wildman–Crippen MR) is 112 cm³/mol. The molecule has 0 saturated carbocycles. The number of aromatic nitrogens is 1. The van der Waals surface area contributed by atoms with E-state index < -0.39 is 0 Å². The van der Waals surface area contributed by atoms with Gasteiger partial charge in [-0.25, -0.2) is 0 Å². The van der Waals surface area contributed by atoms with Crippen molar-refractivity contribution in [3.05, 3.63) is 97.1 Å². The number of para-hydroxylation sites is 2. The molecule has 0 amide bonds. The molecule has 120 valence electrons. The third-order valence-corrected chi connectivity index (χ3v) is 4.93. The highest BCUT2D eigenvalue weighted by atomic mass is 15.0. The summed E-state index contributed by atoms with van der Waals surface area (Å²) in [6, 6.07) is 33.7. The first-order chi connectivity index (χ1) is 12.8. The van der Waals surface area contributed by atoms with Crippen molar-refractivity contribution in [2.75, 3.05) is 0 Å². The lowest BCUT2D eigenvalue weighted by atomic mass is 9.95. The maximum absolute atomic E-state index is 6.13. The molecule has 0 aliphatic carbocycles. The SMILES string of the molecule is [B]c1ccc2c3ccccc3n(-c3ccccc3-c3ccccc3)c2c1. The molecule has 5 rings (SSSR count). The molecule has 0 spiro atoms. The van der Waals surface area contributed by atoms with E-state index in [1.54, 1.807) is 0 Å². The standard InChI is InChI=1S/C24H16BN/c25-18-14-15-21-20-11-5-7-13-23(20)26(24(21)16-18)22-12-6-4-10-19(22)17-8-2-1-3-9-17/h1-16H. The minimum absolute atomic E-state index is 0.777. The maximum Gasteiger partial charge on any atom is 0.113 e. The van der Waals surface area contributed by atoms with Crippen molar-refractivity contribution in [3.63, 3.8) is 0 Å². The van der Waals surface area contributed by atoms with E-state index in [1.165, 1.54) is 27.4 Å². The Hall–Kier alpha value is -3.26. The van der Waals surface area contributed by atoms with Crippen LogP contribution >= 0.6 is 0 Å². The van der Waals surface area contributed by atoms with Crippen molar-refractivity contribution in [1.29, 1.82) is 0 Å². The molecular formula is C24H16BN. The minimum Gasteiger partial charge on any atom is -0.309 e. The Bertz CT molecular complexity index is 1240. The van der Waals surface area contributed by atoms with Crippen LogP contribution in [0.2, 0.25) is 0 Å². The fourth-order valence-electron chi connectivity index (χ4n) is 3.78. The second-order valence-corrected chi connectivity index (χ2v) is 6.51. The summed E-state index contributed by atoms with van der Waals surface area (Å²) in [4.78, 5) is 0. The number of benzene rings is 4. The van der Waals surface area contributed by atoms with Gasteiger partial charge in [0.1, 0.15) is 7.85 Å². The average molecular weight is 329 g/mol. The summed E-state index contributed by atoms with van der Waals surface area (Å²) in [6.07, 6.45) is 0. The molecule has 26 heavy (non-hydrogen) atoms. The van der Waals surface area contributed by atoms with Gasteiger partial charge in [0.25, 0.3) is 0 Å². The van der Waals surface area contributed by atoms with Gasteiger partial charge >= 0.3 is 0 Å². The second-order valence-electron chi connectivity index (χ2n) is 6.51. The quantitative estimate of drug-likeness (QED) is 0.390. The summed E-state index contributed by atoms with van der Waals surface area (Å²) in [6.45, 7) is 0. The van der Waals surface area contributed by atoms with Crippen LogP contribution in [0.4, 0.5) is 0 Å². The molecule has 0 aliphatic rings. The molecule has 0 bridgehead atoms. The second kappa shape index (κ2) is 5.92. The first kappa shape index (κ1) is 15.0. The highest BCUT2D eigenvalue weighted by molar-refractivity contribution is 6.33. The van der Waals surface area contributed by atoms with Crippen LogP contribution in [0.1, 0.15) is 0 Å². The molecule has 1 nitrogen and oxygen atoms in total. The van der Waals surface area contributed by atoms with Gasteiger partial charge in [0, 0.05) is 16.3 Å². The van der Waals surface area contributed by atoms with Crippen molar-refractivity contribution < 1.29 is 0 Å². The fraction of sp³-hybridized carbons (Fsp3) is 0. The van der Waals surface area contributed by atoms with Crippen LogP contribution in [-0.2, 0) is 0 Å². The first-order valence-corrected chi connectivity index (χ1v) is 8.76. The van der Waals surface area contributed by atoms with Crippen molar-refractivity contribution in [2.24, 2.45) is 0 Å². The molecule has 0 aliphatic heterocycles. The number of rotatable bonds is 2. The Morgan fingerprint density at radius 2 is 1.27 bits per heavy atom. The van der Waals surface area contributed by atoms with E-state index in [0.29, 0.717) is 0 Å². The summed E-state index contributed by atoms with van der Waals surface area (Å²) in [5.41, 5.74) is 6.68. The Morgan fingerprint density at radius 3 is 2.15 bits per heavy atom. The van der Waals surface area contributed by atoms with Crippen LogP contribution in [0.5, 0.6) is 0 Å². The van der Waals surface area contributed by atoms with Crippen LogP contribution < -0.4 is 5.46 Å². The van der Waals surface area contributed by atoms with E-state index in [1.807, 2.05) is 12.1 Å². The molecule has 5 aromatic rings. The van der Waals surface area contributed by atoms with Gasteiger partial charge in [-0.3, -0.25) is 0 Å². The number of fused-ring (bicyclic) bond motifs is 3. The number of hydrogen-bond acceptors (Lipinski definition) is 0. The van der Waals surface area contributed by atoms with Crippen molar-refractivity contribution in [1.82, 2.24) is 4.57 Å². The average Bonchev–Trinajstić information content (AvgIpc) is 3.02. The number of hydrogen-bond donors (Lipinski definition) is 0. The summed E-state index contributed by atoms with van der Waals surface area (Å²) in [5.74, 6) is 0. The number of nitrogens with zero attached hydrogens (tertiary/aromatic N) is 1. The lowest BCUT2D eigenvalue weighted by Gasteiger charge is -2.14. The van der Waals surface area contributed by atoms with Crippen LogP contribution in [0.3, 0.4) is 0 Å². The van der Waals surface area contributed by atoms with E-state index in [-0.39, 0.29) is 0 Å². The maximum atomic E-state index is 6.13. The molecule has 4 aromatic carbocycles. The molecule has 0 N–H and O–H groups in total. The third kappa shape index (κ3) is 2.27.